The van der Waals surface area contributed by atoms with Gasteiger partial charge in [-0.1, -0.05) is 18.2 Å². The molecule has 1 fully saturated rings. The molecule has 4 rings (SSSR count). The van der Waals surface area contributed by atoms with Gasteiger partial charge in [0.1, 0.15) is 12.4 Å². The number of hydrogen-bond donors (Lipinski definition) is 1. The zero-order valence-corrected chi connectivity index (χ0v) is 23.1. The molecule has 35 heavy (non-hydrogen) atoms. The lowest BCUT2D eigenvalue weighted by Crippen LogP contribution is -2.28. The maximum absolute atomic E-state index is 13.0. The molecule has 0 spiro atoms. The second kappa shape index (κ2) is 11.4. The summed E-state index contributed by atoms with van der Waals surface area (Å²) >= 11 is 7.14. The first-order valence-electron chi connectivity index (χ1n) is 10.6. The van der Waals surface area contributed by atoms with Crippen molar-refractivity contribution in [2.75, 3.05) is 6.54 Å². The standard InChI is InChI=1S/C26H20BrIN2O4S/c1-2-30-24(31)23(35-26(30)29-20-10-6-18(7-11-20)25(32)33)14-17-5-12-22(21(27)13-17)34-15-16-3-8-19(28)9-4-16/h3-14H,2,15H2,1H3,(H,32,33). The Morgan fingerprint density at radius 2 is 1.86 bits per heavy atom. The maximum atomic E-state index is 13.0. The van der Waals surface area contributed by atoms with Gasteiger partial charge in [0.15, 0.2) is 5.17 Å². The van der Waals surface area contributed by atoms with E-state index >= 15 is 0 Å². The van der Waals surface area contributed by atoms with Crippen LogP contribution >= 0.6 is 50.3 Å². The van der Waals surface area contributed by atoms with Crippen molar-refractivity contribution in [3.8, 4) is 5.75 Å². The number of halogens is 2. The third kappa shape index (κ3) is 6.33. The third-order valence-electron chi connectivity index (χ3n) is 5.10. The molecule has 1 amide bonds. The highest BCUT2D eigenvalue weighted by Crippen LogP contribution is 2.35. The van der Waals surface area contributed by atoms with E-state index in [4.69, 9.17) is 9.84 Å². The van der Waals surface area contributed by atoms with Crippen LogP contribution in [-0.2, 0) is 11.4 Å². The minimum Gasteiger partial charge on any atom is -0.488 e. The van der Waals surface area contributed by atoms with Crippen LogP contribution in [0.5, 0.6) is 5.75 Å². The molecule has 1 saturated heterocycles. The van der Waals surface area contributed by atoms with E-state index in [1.165, 1.54) is 27.5 Å². The largest absolute Gasteiger partial charge is 0.488 e. The van der Waals surface area contributed by atoms with Crippen molar-refractivity contribution in [2.24, 2.45) is 4.99 Å². The van der Waals surface area contributed by atoms with Crippen LogP contribution in [0.2, 0.25) is 0 Å². The molecule has 0 unspecified atom stereocenters. The number of thioether (sulfide) groups is 1. The van der Waals surface area contributed by atoms with Gasteiger partial charge in [0, 0.05) is 10.1 Å². The molecular formula is C26H20BrIN2O4S. The number of carbonyl (C=O) groups is 2. The number of rotatable bonds is 7. The third-order valence-corrected chi connectivity index (χ3v) is 7.45. The number of carboxylic acid groups (broad SMARTS) is 1. The lowest BCUT2D eigenvalue weighted by Gasteiger charge is -2.12. The Morgan fingerprint density at radius 1 is 1.14 bits per heavy atom. The van der Waals surface area contributed by atoms with Crippen LogP contribution in [-0.4, -0.2) is 33.6 Å². The molecule has 9 heteroatoms. The number of aromatic carboxylic acids is 1. The van der Waals surface area contributed by atoms with Crippen molar-refractivity contribution in [1.82, 2.24) is 4.90 Å². The van der Waals surface area contributed by atoms with Crippen LogP contribution in [0.3, 0.4) is 0 Å². The molecular weight excluding hydrogens is 643 g/mol. The molecule has 6 nitrogen and oxygen atoms in total. The van der Waals surface area contributed by atoms with Gasteiger partial charge in [-0.15, -0.1) is 0 Å². The van der Waals surface area contributed by atoms with Gasteiger partial charge in [-0.3, -0.25) is 9.69 Å². The highest BCUT2D eigenvalue weighted by atomic mass is 127. The van der Waals surface area contributed by atoms with E-state index in [2.05, 4.69) is 43.5 Å². The summed E-state index contributed by atoms with van der Waals surface area (Å²) < 4.78 is 7.92. The van der Waals surface area contributed by atoms with Crippen molar-refractivity contribution in [2.45, 2.75) is 13.5 Å². The molecule has 1 aliphatic heterocycles. The first-order chi connectivity index (χ1) is 16.8. The predicted molar refractivity (Wildman–Crippen MR) is 151 cm³/mol. The number of aliphatic imine (C=N–C) groups is 1. The number of benzene rings is 3. The second-order valence-electron chi connectivity index (χ2n) is 7.51. The number of likely N-dealkylation sites (N-methyl/N-ethyl adjacent to an activating group) is 1. The number of hydrogen-bond acceptors (Lipinski definition) is 5. The van der Waals surface area contributed by atoms with E-state index in [-0.39, 0.29) is 11.5 Å². The summed E-state index contributed by atoms with van der Waals surface area (Å²) in [5.74, 6) is -0.389. The van der Waals surface area contributed by atoms with Gasteiger partial charge in [-0.05, 0) is 123 Å². The van der Waals surface area contributed by atoms with Gasteiger partial charge in [0.2, 0.25) is 0 Å². The van der Waals surface area contributed by atoms with Crippen LogP contribution < -0.4 is 4.74 Å². The van der Waals surface area contributed by atoms with Crippen molar-refractivity contribution in [3.05, 3.63) is 96.4 Å². The van der Waals surface area contributed by atoms with E-state index in [9.17, 15) is 9.59 Å². The van der Waals surface area contributed by atoms with Crippen molar-refractivity contribution in [3.63, 3.8) is 0 Å². The first-order valence-corrected chi connectivity index (χ1v) is 13.3. The van der Waals surface area contributed by atoms with Gasteiger partial charge in [-0.2, -0.15) is 0 Å². The fourth-order valence-electron chi connectivity index (χ4n) is 3.28. The van der Waals surface area contributed by atoms with Crippen molar-refractivity contribution in [1.29, 1.82) is 0 Å². The summed E-state index contributed by atoms with van der Waals surface area (Å²) in [5, 5.41) is 9.62. The quantitative estimate of drug-likeness (QED) is 0.219. The number of nitrogens with zero attached hydrogens (tertiary/aromatic N) is 2. The highest BCUT2D eigenvalue weighted by molar-refractivity contribution is 14.1. The minimum absolute atomic E-state index is 0.117. The number of amidine groups is 1. The minimum atomic E-state index is -0.993. The molecule has 0 saturated carbocycles. The Labute approximate surface area is 229 Å². The highest BCUT2D eigenvalue weighted by Gasteiger charge is 2.32. The van der Waals surface area contributed by atoms with Gasteiger partial charge in [0.25, 0.3) is 5.91 Å². The molecule has 3 aromatic carbocycles. The number of carbonyl (C=O) groups excluding carboxylic acids is 1. The van der Waals surface area contributed by atoms with Crippen LogP contribution in [0.1, 0.15) is 28.4 Å². The Kier molecular flexibility index (Phi) is 8.30. The van der Waals surface area contributed by atoms with E-state index in [0.29, 0.717) is 28.9 Å². The average molecular weight is 663 g/mol. The molecule has 3 aromatic rings. The Hall–Kier alpha value is -2.63. The summed E-state index contributed by atoms with van der Waals surface area (Å²) in [6.45, 7) is 2.83. The molecule has 1 heterocycles. The smallest absolute Gasteiger partial charge is 0.335 e. The predicted octanol–water partition coefficient (Wildman–Crippen LogP) is 6.95. The van der Waals surface area contributed by atoms with Gasteiger partial charge >= 0.3 is 5.97 Å². The first kappa shape index (κ1) is 25.5. The number of amides is 1. The summed E-state index contributed by atoms with van der Waals surface area (Å²) in [5.41, 5.74) is 2.72. The van der Waals surface area contributed by atoms with Crippen molar-refractivity contribution < 1.29 is 19.4 Å². The zero-order valence-electron chi connectivity index (χ0n) is 18.6. The Bertz CT molecular complexity index is 1320. The van der Waals surface area contributed by atoms with E-state index in [1.54, 1.807) is 17.0 Å². The molecule has 178 valence electrons. The number of carboxylic acids is 1. The molecule has 0 bridgehead atoms. The second-order valence-corrected chi connectivity index (χ2v) is 10.6. The normalized spacial score (nSPS) is 15.7. The summed E-state index contributed by atoms with van der Waals surface area (Å²) in [6, 6.07) is 20.1. The van der Waals surface area contributed by atoms with Gasteiger partial charge in [0.05, 0.1) is 20.6 Å². The molecule has 1 aliphatic rings. The summed E-state index contributed by atoms with van der Waals surface area (Å²) in [7, 11) is 0. The van der Waals surface area contributed by atoms with E-state index in [1.807, 2.05) is 55.5 Å². The lowest BCUT2D eigenvalue weighted by molar-refractivity contribution is -0.122. The maximum Gasteiger partial charge on any atom is 0.335 e. The van der Waals surface area contributed by atoms with Gasteiger partial charge in [-0.25, -0.2) is 9.79 Å². The molecule has 0 aliphatic carbocycles. The Balaban J connectivity index is 1.50. The Morgan fingerprint density at radius 3 is 2.49 bits per heavy atom. The van der Waals surface area contributed by atoms with E-state index in [0.717, 1.165) is 21.3 Å². The fraction of sp³-hybridized carbons (Fsp3) is 0.115. The SMILES string of the molecule is CCN1C(=O)C(=Cc2ccc(OCc3ccc(I)cc3)c(Br)c2)SC1=Nc1ccc(C(=O)O)cc1. The van der Waals surface area contributed by atoms with Gasteiger partial charge < -0.3 is 9.84 Å². The molecule has 1 N–H and O–H groups in total. The van der Waals surface area contributed by atoms with Crippen molar-refractivity contribution >= 4 is 79.1 Å². The average Bonchev–Trinajstić information content (AvgIpc) is 3.13. The number of ether oxygens (including phenoxy) is 1. The van der Waals surface area contributed by atoms with Crippen LogP contribution in [0, 0.1) is 3.57 Å². The summed E-state index contributed by atoms with van der Waals surface area (Å²) in [4.78, 5) is 30.8. The summed E-state index contributed by atoms with van der Waals surface area (Å²) in [6.07, 6.45) is 1.83. The zero-order chi connectivity index (χ0) is 24.9. The van der Waals surface area contributed by atoms with E-state index < -0.39 is 5.97 Å². The molecule has 0 atom stereocenters. The fourth-order valence-corrected chi connectivity index (χ4v) is 5.21. The lowest BCUT2D eigenvalue weighted by atomic mass is 10.2. The monoisotopic (exact) mass is 662 g/mol. The topological polar surface area (TPSA) is 79.2 Å². The van der Waals surface area contributed by atoms with Crippen LogP contribution in [0.4, 0.5) is 5.69 Å². The molecule has 0 radical (unpaired) electrons. The van der Waals surface area contributed by atoms with Crippen LogP contribution in [0.15, 0.2) is 81.1 Å². The van der Waals surface area contributed by atoms with Crippen LogP contribution in [0.25, 0.3) is 6.08 Å². The molecule has 0 aromatic heterocycles.